The Morgan fingerprint density at radius 2 is 1.88 bits per heavy atom. The fraction of sp³-hybridized carbons (Fsp3) is 1.00. The lowest BCUT2D eigenvalue weighted by atomic mass is 9.87. The molecule has 2 fully saturated rings. The van der Waals surface area contributed by atoms with Crippen molar-refractivity contribution >= 4 is 0 Å². The first-order valence-electron chi connectivity index (χ1n) is 6.87. The maximum Gasteiger partial charge on any atom is 0.0641 e. The van der Waals surface area contributed by atoms with Crippen LogP contribution in [-0.2, 0) is 4.74 Å². The molecule has 2 aliphatic rings. The molecule has 1 unspecified atom stereocenters. The molecule has 0 spiro atoms. The quantitative estimate of drug-likeness (QED) is 0.797. The predicted molar refractivity (Wildman–Crippen MR) is 67.6 cm³/mol. The Kier molecular flexibility index (Phi) is 3.60. The van der Waals surface area contributed by atoms with Gasteiger partial charge in [-0.1, -0.05) is 19.8 Å². The van der Waals surface area contributed by atoms with Crippen molar-refractivity contribution in [3.8, 4) is 0 Å². The first-order valence-corrected chi connectivity index (χ1v) is 6.87. The Bertz CT molecular complexity index is 231. The zero-order valence-corrected chi connectivity index (χ0v) is 11.1. The van der Waals surface area contributed by atoms with Crippen molar-refractivity contribution in [2.45, 2.75) is 70.9 Å². The maximum atomic E-state index is 5.75. The van der Waals surface area contributed by atoms with Gasteiger partial charge in [0.25, 0.3) is 0 Å². The molecule has 1 atom stereocenters. The van der Waals surface area contributed by atoms with E-state index in [1.54, 1.807) is 0 Å². The molecule has 1 saturated carbocycles. The first kappa shape index (κ1) is 12.4. The van der Waals surface area contributed by atoms with Crippen LogP contribution in [0, 0.1) is 5.41 Å². The highest BCUT2D eigenvalue weighted by Crippen LogP contribution is 2.37. The third-order valence-corrected chi connectivity index (χ3v) is 4.33. The summed E-state index contributed by atoms with van der Waals surface area (Å²) in [4.78, 5) is 0. The monoisotopic (exact) mass is 225 g/mol. The van der Waals surface area contributed by atoms with Gasteiger partial charge < -0.3 is 10.1 Å². The van der Waals surface area contributed by atoms with Crippen LogP contribution in [0.1, 0.15) is 59.3 Å². The van der Waals surface area contributed by atoms with Crippen LogP contribution in [0.15, 0.2) is 0 Å². The molecule has 2 nitrogen and oxygen atoms in total. The van der Waals surface area contributed by atoms with Crippen LogP contribution in [-0.4, -0.2) is 24.8 Å². The van der Waals surface area contributed by atoms with Gasteiger partial charge in [-0.15, -0.1) is 0 Å². The van der Waals surface area contributed by atoms with E-state index in [9.17, 15) is 0 Å². The van der Waals surface area contributed by atoms with Crippen LogP contribution >= 0.6 is 0 Å². The molecular formula is C14H27NO. The molecule has 0 aromatic heterocycles. The smallest absolute Gasteiger partial charge is 0.0641 e. The summed E-state index contributed by atoms with van der Waals surface area (Å²) in [5.74, 6) is 0. The van der Waals surface area contributed by atoms with Crippen molar-refractivity contribution in [1.29, 1.82) is 0 Å². The van der Waals surface area contributed by atoms with E-state index >= 15 is 0 Å². The Labute approximate surface area is 100 Å². The summed E-state index contributed by atoms with van der Waals surface area (Å²) in [6.07, 6.45) is 8.01. The molecule has 1 saturated heterocycles. The van der Waals surface area contributed by atoms with Gasteiger partial charge in [-0.25, -0.2) is 0 Å². The summed E-state index contributed by atoms with van der Waals surface area (Å²) in [5, 5.41) is 3.78. The SMILES string of the molecule is CC1(CNC2CCOC(C)(C)C2)CCCC1. The van der Waals surface area contributed by atoms with E-state index in [-0.39, 0.29) is 5.60 Å². The molecule has 1 heterocycles. The molecule has 1 aliphatic heterocycles. The van der Waals surface area contributed by atoms with Crippen LogP contribution in [0.4, 0.5) is 0 Å². The average Bonchev–Trinajstić information content (AvgIpc) is 2.62. The minimum Gasteiger partial charge on any atom is -0.375 e. The van der Waals surface area contributed by atoms with Gasteiger partial charge in [0.05, 0.1) is 5.60 Å². The minimum absolute atomic E-state index is 0.0759. The van der Waals surface area contributed by atoms with Gasteiger partial charge in [-0.3, -0.25) is 0 Å². The highest BCUT2D eigenvalue weighted by molar-refractivity contribution is 4.87. The molecule has 0 bridgehead atoms. The van der Waals surface area contributed by atoms with Gasteiger partial charge in [-0.05, 0) is 44.9 Å². The Morgan fingerprint density at radius 1 is 1.19 bits per heavy atom. The average molecular weight is 225 g/mol. The first-order chi connectivity index (χ1) is 7.49. The molecule has 94 valence electrons. The van der Waals surface area contributed by atoms with E-state index in [0.717, 1.165) is 13.0 Å². The number of hydrogen-bond donors (Lipinski definition) is 1. The fourth-order valence-corrected chi connectivity index (χ4v) is 3.20. The van der Waals surface area contributed by atoms with Crippen molar-refractivity contribution in [2.75, 3.05) is 13.2 Å². The highest BCUT2D eigenvalue weighted by atomic mass is 16.5. The molecule has 2 heteroatoms. The highest BCUT2D eigenvalue weighted by Gasteiger charge is 2.32. The zero-order chi connectivity index (χ0) is 11.6. The minimum atomic E-state index is 0.0759. The second-order valence-corrected chi connectivity index (χ2v) is 6.70. The largest absolute Gasteiger partial charge is 0.375 e. The summed E-state index contributed by atoms with van der Waals surface area (Å²) in [5.41, 5.74) is 0.648. The zero-order valence-electron chi connectivity index (χ0n) is 11.1. The van der Waals surface area contributed by atoms with Crippen LogP contribution in [0.25, 0.3) is 0 Å². The van der Waals surface area contributed by atoms with E-state index in [0.29, 0.717) is 11.5 Å². The molecule has 1 aliphatic carbocycles. The maximum absolute atomic E-state index is 5.75. The van der Waals surface area contributed by atoms with E-state index in [2.05, 4.69) is 26.1 Å². The van der Waals surface area contributed by atoms with Crippen LogP contribution < -0.4 is 5.32 Å². The third-order valence-electron chi connectivity index (χ3n) is 4.33. The van der Waals surface area contributed by atoms with Crippen LogP contribution in [0.2, 0.25) is 0 Å². The third kappa shape index (κ3) is 3.21. The van der Waals surface area contributed by atoms with Gasteiger partial charge in [0.1, 0.15) is 0 Å². The number of rotatable bonds is 3. The molecule has 0 aromatic rings. The Morgan fingerprint density at radius 3 is 2.50 bits per heavy atom. The van der Waals surface area contributed by atoms with Crippen molar-refractivity contribution in [1.82, 2.24) is 5.32 Å². The van der Waals surface area contributed by atoms with Crippen molar-refractivity contribution in [3.05, 3.63) is 0 Å². The molecule has 2 rings (SSSR count). The molecule has 0 aromatic carbocycles. The molecule has 16 heavy (non-hydrogen) atoms. The number of hydrogen-bond acceptors (Lipinski definition) is 2. The second kappa shape index (κ2) is 4.66. The standard InChI is InChI=1S/C14H27NO/c1-13(2)10-12(6-9-16-13)15-11-14(3)7-4-5-8-14/h12,15H,4-11H2,1-3H3. The predicted octanol–water partition coefficient (Wildman–Crippen LogP) is 3.11. The summed E-state index contributed by atoms with van der Waals surface area (Å²) in [6, 6.07) is 0.668. The lowest BCUT2D eigenvalue weighted by molar-refractivity contribution is -0.0637. The lowest BCUT2D eigenvalue weighted by Crippen LogP contribution is -2.46. The van der Waals surface area contributed by atoms with Crippen molar-refractivity contribution < 1.29 is 4.74 Å². The molecule has 1 N–H and O–H groups in total. The van der Waals surface area contributed by atoms with Crippen molar-refractivity contribution in [2.24, 2.45) is 5.41 Å². The normalized spacial score (nSPS) is 32.8. The van der Waals surface area contributed by atoms with E-state index < -0.39 is 0 Å². The van der Waals surface area contributed by atoms with Crippen molar-refractivity contribution in [3.63, 3.8) is 0 Å². The van der Waals surface area contributed by atoms with Gasteiger partial charge in [-0.2, -0.15) is 0 Å². The summed E-state index contributed by atoms with van der Waals surface area (Å²) in [7, 11) is 0. The number of ether oxygens (including phenoxy) is 1. The Balaban J connectivity index is 1.77. The van der Waals surface area contributed by atoms with E-state index in [1.807, 2.05) is 0 Å². The van der Waals surface area contributed by atoms with Gasteiger partial charge in [0.15, 0.2) is 0 Å². The van der Waals surface area contributed by atoms with Gasteiger partial charge in [0, 0.05) is 19.2 Å². The lowest BCUT2D eigenvalue weighted by Gasteiger charge is -2.37. The molecule has 0 radical (unpaired) electrons. The fourth-order valence-electron chi connectivity index (χ4n) is 3.20. The van der Waals surface area contributed by atoms with Gasteiger partial charge >= 0.3 is 0 Å². The second-order valence-electron chi connectivity index (χ2n) is 6.70. The van der Waals surface area contributed by atoms with E-state index in [4.69, 9.17) is 4.74 Å². The van der Waals surface area contributed by atoms with Gasteiger partial charge in [0.2, 0.25) is 0 Å². The molecular weight excluding hydrogens is 198 g/mol. The van der Waals surface area contributed by atoms with Crippen LogP contribution in [0.3, 0.4) is 0 Å². The van der Waals surface area contributed by atoms with E-state index in [1.165, 1.54) is 38.6 Å². The van der Waals surface area contributed by atoms with Crippen LogP contribution in [0.5, 0.6) is 0 Å². The summed E-state index contributed by atoms with van der Waals surface area (Å²) < 4.78 is 5.75. The molecule has 0 amide bonds. The Hall–Kier alpha value is -0.0800. The summed E-state index contributed by atoms with van der Waals surface area (Å²) in [6.45, 7) is 8.98. The summed E-state index contributed by atoms with van der Waals surface area (Å²) >= 11 is 0. The topological polar surface area (TPSA) is 21.3 Å². The number of nitrogens with one attached hydrogen (secondary N) is 1.